The predicted molar refractivity (Wildman–Crippen MR) is 85.7 cm³/mol. The molecular weight excluding hydrogens is 297 g/mol. The van der Waals surface area contributed by atoms with Crippen molar-refractivity contribution in [3.8, 4) is 0 Å². The number of piperidine rings is 2. The molecule has 0 saturated carbocycles. The number of hydrogen-bond donors (Lipinski definition) is 2. The van der Waals surface area contributed by atoms with Crippen molar-refractivity contribution in [1.82, 2.24) is 20.4 Å². The molecule has 2 saturated heterocycles. The fraction of sp³-hybridized carbons (Fsp3) is 0.688. The Bertz CT molecular complexity index is 506. The maximum atomic E-state index is 13.8. The van der Waals surface area contributed by atoms with Crippen LogP contribution >= 0.6 is 0 Å². The third kappa shape index (κ3) is 4.37. The minimum absolute atomic E-state index is 0.0949. The van der Waals surface area contributed by atoms with Crippen LogP contribution < -0.4 is 10.6 Å². The van der Waals surface area contributed by atoms with Gasteiger partial charge < -0.3 is 15.5 Å². The van der Waals surface area contributed by atoms with E-state index < -0.39 is 6.17 Å². The van der Waals surface area contributed by atoms with Crippen molar-refractivity contribution in [1.29, 1.82) is 0 Å². The molecule has 0 spiro atoms. The molecule has 0 radical (unpaired) electrons. The number of carbonyl (C=O) groups excluding carboxylic acids is 1. The summed E-state index contributed by atoms with van der Waals surface area (Å²) in [5, 5.41) is 14.2. The van der Waals surface area contributed by atoms with Gasteiger partial charge in [-0.25, -0.2) is 4.39 Å². The van der Waals surface area contributed by atoms with Crippen molar-refractivity contribution >= 4 is 11.7 Å². The number of alkyl halides is 1. The minimum atomic E-state index is -0.899. The number of halogens is 1. The Kier molecular flexibility index (Phi) is 5.38. The Hall–Kier alpha value is -1.76. The van der Waals surface area contributed by atoms with Crippen LogP contribution in [0.25, 0.3) is 0 Å². The fourth-order valence-electron chi connectivity index (χ4n) is 3.32. The maximum absolute atomic E-state index is 13.8. The molecule has 7 heteroatoms. The number of carbonyl (C=O) groups is 1. The monoisotopic (exact) mass is 321 g/mol. The molecule has 2 fully saturated rings. The van der Waals surface area contributed by atoms with Crippen LogP contribution in [0.3, 0.4) is 0 Å². The molecule has 1 amide bonds. The Morgan fingerprint density at radius 1 is 1.39 bits per heavy atom. The second-order valence-corrected chi connectivity index (χ2v) is 6.38. The van der Waals surface area contributed by atoms with Crippen molar-refractivity contribution in [3.05, 3.63) is 18.3 Å². The third-order valence-electron chi connectivity index (χ3n) is 4.75. The van der Waals surface area contributed by atoms with Crippen LogP contribution in [0.4, 0.5) is 10.2 Å². The van der Waals surface area contributed by atoms with E-state index in [-0.39, 0.29) is 11.8 Å². The van der Waals surface area contributed by atoms with Gasteiger partial charge in [0.2, 0.25) is 5.91 Å². The zero-order chi connectivity index (χ0) is 16.1. The van der Waals surface area contributed by atoms with Gasteiger partial charge in [-0.15, -0.1) is 5.10 Å². The molecule has 3 rings (SSSR count). The van der Waals surface area contributed by atoms with Crippen LogP contribution in [0.1, 0.15) is 25.7 Å². The molecule has 0 aliphatic carbocycles. The Labute approximate surface area is 135 Å². The smallest absolute Gasteiger partial charge is 0.222 e. The van der Waals surface area contributed by atoms with Crippen molar-refractivity contribution in [2.75, 3.05) is 31.5 Å². The van der Waals surface area contributed by atoms with E-state index in [9.17, 15) is 9.18 Å². The van der Waals surface area contributed by atoms with Gasteiger partial charge in [0, 0.05) is 44.2 Å². The molecule has 2 atom stereocenters. The molecule has 1 aromatic heterocycles. The van der Waals surface area contributed by atoms with Crippen LogP contribution in [0.15, 0.2) is 18.3 Å². The van der Waals surface area contributed by atoms with E-state index in [0.717, 1.165) is 44.7 Å². The standard InChI is InChI=1S/C16H24FN5O/c17-14-11-18-7-3-12(14)10-16(23)22-8-4-13(5-9-22)20-15-2-1-6-19-21-15/h1-2,6,12-14,18H,3-5,7-11H2,(H,20,21). The van der Waals surface area contributed by atoms with Crippen LogP contribution in [0, 0.1) is 5.92 Å². The van der Waals surface area contributed by atoms with Crippen LogP contribution in [0.2, 0.25) is 0 Å². The van der Waals surface area contributed by atoms with Gasteiger partial charge in [0.15, 0.2) is 0 Å². The van der Waals surface area contributed by atoms with E-state index in [4.69, 9.17) is 0 Å². The lowest BCUT2D eigenvalue weighted by Gasteiger charge is -2.34. The number of amides is 1. The van der Waals surface area contributed by atoms with Crippen LogP contribution in [-0.2, 0) is 4.79 Å². The fourth-order valence-corrected chi connectivity index (χ4v) is 3.32. The summed E-state index contributed by atoms with van der Waals surface area (Å²) in [7, 11) is 0. The minimum Gasteiger partial charge on any atom is -0.366 e. The van der Waals surface area contributed by atoms with E-state index in [1.54, 1.807) is 6.20 Å². The maximum Gasteiger partial charge on any atom is 0.222 e. The normalized spacial score (nSPS) is 26.0. The first-order valence-electron chi connectivity index (χ1n) is 8.39. The van der Waals surface area contributed by atoms with E-state index >= 15 is 0 Å². The van der Waals surface area contributed by atoms with Crippen molar-refractivity contribution in [3.63, 3.8) is 0 Å². The number of aromatic nitrogens is 2. The van der Waals surface area contributed by atoms with Crippen molar-refractivity contribution in [2.45, 2.75) is 37.9 Å². The highest BCUT2D eigenvalue weighted by atomic mass is 19.1. The van der Waals surface area contributed by atoms with Crippen molar-refractivity contribution in [2.24, 2.45) is 5.92 Å². The second kappa shape index (κ2) is 7.68. The van der Waals surface area contributed by atoms with E-state index in [1.165, 1.54) is 0 Å². The summed E-state index contributed by atoms with van der Waals surface area (Å²) in [6.07, 6.45) is 3.60. The van der Waals surface area contributed by atoms with Crippen LogP contribution in [-0.4, -0.2) is 59.4 Å². The molecular formula is C16H24FN5O. The highest BCUT2D eigenvalue weighted by Gasteiger charge is 2.30. The number of likely N-dealkylation sites (tertiary alicyclic amines) is 1. The Balaban J connectivity index is 1.44. The van der Waals surface area contributed by atoms with Gasteiger partial charge in [0.25, 0.3) is 0 Å². The third-order valence-corrected chi connectivity index (χ3v) is 4.75. The highest BCUT2D eigenvalue weighted by Crippen LogP contribution is 2.22. The zero-order valence-electron chi connectivity index (χ0n) is 13.2. The van der Waals surface area contributed by atoms with Gasteiger partial charge in [0.1, 0.15) is 12.0 Å². The number of anilines is 1. The molecule has 6 nitrogen and oxygen atoms in total. The summed E-state index contributed by atoms with van der Waals surface area (Å²) >= 11 is 0. The average Bonchev–Trinajstić information content (AvgIpc) is 2.58. The summed E-state index contributed by atoms with van der Waals surface area (Å²) in [6, 6.07) is 4.05. The summed E-state index contributed by atoms with van der Waals surface area (Å²) in [6.45, 7) is 2.63. The molecule has 2 aliphatic heterocycles. The zero-order valence-corrected chi connectivity index (χ0v) is 13.2. The molecule has 23 heavy (non-hydrogen) atoms. The highest BCUT2D eigenvalue weighted by molar-refractivity contribution is 5.76. The van der Waals surface area contributed by atoms with Gasteiger partial charge in [-0.1, -0.05) is 0 Å². The number of nitrogens with zero attached hydrogens (tertiary/aromatic N) is 3. The molecule has 0 bridgehead atoms. The predicted octanol–water partition coefficient (Wildman–Crippen LogP) is 1.22. The number of nitrogens with one attached hydrogen (secondary N) is 2. The van der Waals surface area contributed by atoms with Gasteiger partial charge >= 0.3 is 0 Å². The average molecular weight is 321 g/mol. The first kappa shape index (κ1) is 16.1. The number of rotatable bonds is 4. The molecule has 2 aliphatic rings. The Morgan fingerprint density at radius 2 is 2.22 bits per heavy atom. The topological polar surface area (TPSA) is 70.2 Å². The van der Waals surface area contributed by atoms with Gasteiger partial charge in [-0.05, 0) is 37.9 Å². The quantitative estimate of drug-likeness (QED) is 0.872. The molecule has 3 heterocycles. The molecule has 0 aromatic carbocycles. The van der Waals surface area contributed by atoms with E-state index in [0.29, 0.717) is 19.0 Å². The second-order valence-electron chi connectivity index (χ2n) is 6.38. The molecule has 126 valence electrons. The van der Waals surface area contributed by atoms with E-state index in [1.807, 2.05) is 17.0 Å². The first-order valence-corrected chi connectivity index (χ1v) is 8.39. The lowest BCUT2D eigenvalue weighted by atomic mass is 9.92. The SMILES string of the molecule is O=C(CC1CCNCC1F)N1CCC(Nc2cccnn2)CC1. The molecule has 1 aromatic rings. The van der Waals surface area contributed by atoms with Crippen molar-refractivity contribution < 1.29 is 9.18 Å². The molecule has 2 unspecified atom stereocenters. The van der Waals surface area contributed by atoms with Gasteiger partial charge in [-0.3, -0.25) is 4.79 Å². The van der Waals surface area contributed by atoms with Gasteiger partial charge in [0.05, 0.1) is 0 Å². The summed E-state index contributed by atoms with van der Waals surface area (Å²) < 4.78 is 13.8. The van der Waals surface area contributed by atoms with E-state index in [2.05, 4.69) is 20.8 Å². The lowest BCUT2D eigenvalue weighted by molar-refractivity contribution is -0.134. The van der Waals surface area contributed by atoms with Crippen LogP contribution in [0.5, 0.6) is 0 Å². The summed E-state index contributed by atoms with van der Waals surface area (Å²) in [5.41, 5.74) is 0. The van der Waals surface area contributed by atoms with Gasteiger partial charge in [-0.2, -0.15) is 5.10 Å². The first-order chi connectivity index (χ1) is 11.2. The number of hydrogen-bond acceptors (Lipinski definition) is 5. The summed E-state index contributed by atoms with van der Waals surface area (Å²) in [5.74, 6) is 0.740. The summed E-state index contributed by atoms with van der Waals surface area (Å²) in [4.78, 5) is 14.3. The lowest BCUT2D eigenvalue weighted by Crippen LogP contribution is -2.45. The largest absolute Gasteiger partial charge is 0.366 e. The molecule has 2 N–H and O–H groups in total. The Morgan fingerprint density at radius 3 is 2.91 bits per heavy atom.